The van der Waals surface area contributed by atoms with Crippen LogP contribution in [0.1, 0.15) is 18.1 Å². The Bertz CT molecular complexity index is 700. The van der Waals surface area contributed by atoms with Gasteiger partial charge in [-0.2, -0.15) is 0 Å². The number of para-hydroxylation sites is 2. The summed E-state index contributed by atoms with van der Waals surface area (Å²) in [6, 6.07) is 13.6. The van der Waals surface area contributed by atoms with E-state index in [1.54, 1.807) is 6.07 Å². The summed E-state index contributed by atoms with van der Waals surface area (Å²) in [4.78, 5) is 12.8. The molecule has 0 spiro atoms. The fourth-order valence-corrected chi connectivity index (χ4v) is 2.95. The Kier molecular flexibility index (Phi) is 3.25. The van der Waals surface area contributed by atoms with Gasteiger partial charge in [0.2, 0.25) is 0 Å². The first-order valence-corrected chi connectivity index (χ1v) is 6.94. The molecule has 0 radical (unpaired) electrons. The lowest BCUT2D eigenvalue weighted by Gasteiger charge is -2.25. The summed E-state index contributed by atoms with van der Waals surface area (Å²) in [5.74, 6) is 0. The van der Waals surface area contributed by atoms with Gasteiger partial charge in [-0.1, -0.05) is 30.3 Å². The predicted octanol–water partition coefficient (Wildman–Crippen LogP) is 3.13. The Balaban J connectivity index is 1.94. The molecule has 0 saturated heterocycles. The van der Waals surface area contributed by atoms with Gasteiger partial charge in [0.05, 0.1) is 4.92 Å². The number of nitrogens with two attached hydrogens (primary N) is 1. The summed E-state index contributed by atoms with van der Waals surface area (Å²) in [6.07, 6.45) is 0.991. The van der Waals surface area contributed by atoms with Crippen LogP contribution >= 0.6 is 0 Å². The highest BCUT2D eigenvalue weighted by Gasteiger charge is 2.26. The average molecular weight is 283 g/mol. The first-order valence-electron chi connectivity index (χ1n) is 6.94. The van der Waals surface area contributed by atoms with Crippen molar-refractivity contribution in [2.24, 2.45) is 0 Å². The van der Waals surface area contributed by atoms with Crippen LogP contribution in [-0.2, 0) is 13.0 Å². The van der Waals surface area contributed by atoms with E-state index >= 15 is 0 Å². The maximum Gasteiger partial charge on any atom is 0.292 e. The van der Waals surface area contributed by atoms with Gasteiger partial charge < -0.3 is 10.6 Å². The second kappa shape index (κ2) is 5.09. The van der Waals surface area contributed by atoms with E-state index in [1.807, 2.05) is 18.2 Å². The molecule has 2 aromatic carbocycles. The molecular formula is C16H17N3O2. The van der Waals surface area contributed by atoms with E-state index in [9.17, 15) is 10.1 Å². The van der Waals surface area contributed by atoms with Gasteiger partial charge in [-0.25, -0.2) is 0 Å². The van der Waals surface area contributed by atoms with Crippen LogP contribution in [0.5, 0.6) is 0 Å². The molecule has 1 unspecified atom stereocenters. The van der Waals surface area contributed by atoms with Crippen molar-refractivity contribution in [2.75, 3.05) is 10.6 Å². The molecule has 5 nitrogen and oxygen atoms in total. The van der Waals surface area contributed by atoms with Crippen LogP contribution in [-0.4, -0.2) is 11.0 Å². The lowest BCUT2D eigenvalue weighted by atomic mass is 10.1. The topological polar surface area (TPSA) is 72.4 Å². The molecule has 1 aliphatic heterocycles. The number of nitro benzene ring substituents is 1. The number of hydrogen-bond donors (Lipinski definition) is 1. The Morgan fingerprint density at radius 2 is 2.05 bits per heavy atom. The fourth-order valence-electron chi connectivity index (χ4n) is 2.95. The van der Waals surface area contributed by atoms with Gasteiger partial charge in [0.15, 0.2) is 0 Å². The molecule has 1 heterocycles. The van der Waals surface area contributed by atoms with E-state index in [0.717, 1.165) is 12.0 Å². The maximum atomic E-state index is 11.0. The normalized spacial score (nSPS) is 16.8. The zero-order valence-corrected chi connectivity index (χ0v) is 11.8. The second-order valence-electron chi connectivity index (χ2n) is 5.42. The molecule has 0 fully saturated rings. The number of benzene rings is 2. The third-order valence-electron chi connectivity index (χ3n) is 4.06. The Morgan fingerprint density at radius 3 is 2.81 bits per heavy atom. The zero-order valence-electron chi connectivity index (χ0n) is 11.8. The number of hydrogen-bond acceptors (Lipinski definition) is 4. The minimum Gasteiger partial charge on any atom is -0.393 e. The number of nitrogen functional groups attached to an aromatic ring is 1. The quantitative estimate of drug-likeness (QED) is 0.533. The van der Waals surface area contributed by atoms with Gasteiger partial charge in [-0.15, -0.1) is 0 Å². The predicted molar refractivity (Wildman–Crippen MR) is 83.3 cm³/mol. The number of nitrogens with zero attached hydrogens (tertiary/aromatic N) is 2. The molecule has 0 aliphatic carbocycles. The molecule has 2 aromatic rings. The lowest BCUT2D eigenvalue weighted by molar-refractivity contribution is -0.383. The van der Waals surface area contributed by atoms with Gasteiger partial charge in [-0.05, 0) is 25.0 Å². The van der Waals surface area contributed by atoms with E-state index in [4.69, 9.17) is 5.73 Å². The van der Waals surface area contributed by atoms with Crippen LogP contribution in [0.2, 0.25) is 0 Å². The summed E-state index contributed by atoms with van der Waals surface area (Å²) >= 11 is 0. The van der Waals surface area contributed by atoms with Gasteiger partial charge in [0, 0.05) is 29.9 Å². The molecule has 0 saturated carbocycles. The first-order chi connectivity index (χ1) is 10.1. The molecule has 0 aromatic heterocycles. The fraction of sp³-hybridized carbons (Fsp3) is 0.250. The van der Waals surface area contributed by atoms with Crippen LogP contribution in [0, 0.1) is 10.1 Å². The third-order valence-corrected chi connectivity index (χ3v) is 4.06. The van der Waals surface area contributed by atoms with E-state index in [-0.39, 0.29) is 11.4 Å². The number of nitro groups is 1. The zero-order chi connectivity index (χ0) is 15.0. The van der Waals surface area contributed by atoms with Crippen LogP contribution in [0.4, 0.5) is 17.1 Å². The lowest BCUT2D eigenvalue weighted by Crippen LogP contribution is -2.29. The van der Waals surface area contributed by atoms with E-state index < -0.39 is 4.92 Å². The first kappa shape index (κ1) is 13.4. The SMILES string of the molecule is CC1Cc2ccccc2N1Cc1cccc([N+](=O)[O-])c1N. The van der Waals surface area contributed by atoms with Crippen molar-refractivity contribution in [1.82, 2.24) is 0 Å². The molecule has 3 rings (SSSR count). The third kappa shape index (κ3) is 2.31. The van der Waals surface area contributed by atoms with Crippen molar-refractivity contribution in [3.63, 3.8) is 0 Å². The molecule has 5 heteroatoms. The summed E-state index contributed by atoms with van der Waals surface area (Å²) in [5.41, 5.74) is 9.51. The minimum atomic E-state index is -0.430. The Labute approximate surface area is 123 Å². The van der Waals surface area contributed by atoms with Crippen molar-refractivity contribution in [1.29, 1.82) is 0 Å². The molecule has 108 valence electrons. The number of rotatable bonds is 3. The summed E-state index contributed by atoms with van der Waals surface area (Å²) in [6.45, 7) is 2.75. The highest BCUT2D eigenvalue weighted by Crippen LogP contribution is 2.35. The molecular weight excluding hydrogens is 266 g/mol. The highest BCUT2D eigenvalue weighted by atomic mass is 16.6. The second-order valence-corrected chi connectivity index (χ2v) is 5.42. The Morgan fingerprint density at radius 1 is 1.29 bits per heavy atom. The van der Waals surface area contributed by atoms with Gasteiger partial charge in [0.1, 0.15) is 5.69 Å². The summed E-state index contributed by atoms with van der Waals surface area (Å²) in [7, 11) is 0. The highest BCUT2D eigenvalue weighted by molar-refractivity contribution is 5.66. The molecule has 0 bridgehead atoms. The minimum absolute atomic E-state index is 0.0207. The molecule has 21 heavy (non-hydrogen) atoms. The molecule has 0 amide bonds. The Hall–Kier alpha value is -2.56. The van der Waals surface area contributed by atoms with Gasteiger partial charge in [0.25, 0.3) is 5.69 Å². The molecule has 1 aliphatic rings. The van der Waals surface area contributed by atoms with Crippen LogP contribution in [0.15, 0.2) is 42.5 Å². The monoisotopic (exact) mass is 283 g/mol. The smallest absolute Gasteiger partial charge is 0.292 e. The summed E-state index contributed by atoms with van der Waals surface area (Å²) < 4.78 is 0. The van der Waals surface area contributed by atoms with E-state index in [0.29, 0.717) is 12.6 Å². The van der Waals surface area contributed by atoms with Crippen LogP contribution in [0.25, 0.3) is 0 Å². The maximum absolute atomic E-state index is 11.0. The van der Waals surface area contributed by atoms with Crippen molar-refractivity contribution < 1.29 is 4.92 Å². The van der Waals surface area contributed by atoms with Gasteiger partial charge in [-0.3, -0.25) is 10.1 Å². The van der Waals surface area contributed by atoms with Crippen LogP contribution < -0.4 is 10.6 Å². The molecule has 2 N–H and O–H groups in total. The van der Waals surface area contributed by atoms with Crippen LogP contribution in [0.3, 0.4) is 0 Å². The van der Waals surface area contributed by atoms with Crippen molar-refractivity contribution in [3.8, 4) is 0 Å². The summed E-state index contributed by atoms with van der Waals surface area (Å²) in [5, 5.41) is 11.0. The van der Waals surface area contributed by atoms with Gasteiger partial charge >= 0.3 is 0 Å². The van der Waals surface area contributed by atoms with Crippen molar-refractivity contribution in [2.45, 2.75) is 25.9 Å². The average Bonchev–Trinajstić information content (AvgIpc) is 2.77. The number of fused-ring (bicyclic) bond motifs is 1. The standard InChI is InChI=1S/C16H17N3O2/c1-11-9-12-5-2-3-7-14(12)18(11)10-13-6-4-8-15(16(13)17)19(20)21/h2-8,11H,9-10,17H2,1H3. The van der Waals surface area contributed by atoms with E-state index in [1.165, 1.54) is 17.3 Å². The van der Waals surface area contributed by atoms with Crippen molar-refractivity contribution in [3.05, 3.63) is 63.7 Å². The van der Waals surface area contributed by atoms with Crippen molar-refractivity contribution >= 4 is 17.1 Å². The number of anilines is 2. The van der Waals surface area contributed by atoms with E-state index in [2.05, 4.69) is 24.0 Å². The molecule has 1 atom stereocenters. The largest absolute Gasteiger partial charge is 0.393 e.